The highest BCUT2D eigenvalue weighted by Crippen LogP contribution is 2.34. The molecule has 0 saturated carbocycles. The number of amides is 1. The summed E-state index contributed by atoms with van der Waals surface area (Å²) >= 11 is 0. The second-order valence-electron chi connectivity index (χ2n) is 6.66. The van der Waals surface area contributed by atoms with Gasteiger partial charge in [0.1, 0.15) is 5.69 Å². The second kappa shape index (κ2) is 6.68. The van der Waals surface area contributed by atoms with Gasteiger partial charge in [-0.15, -0.1) is 0 Å². The highest BCUT2D eigenvalue weighted by molar-refractivity contribution is 5.91. The van der Waals surface area contributed by atoms with E-state index in [9.17, 15) is 9.90 Å². The maximum Gasteiger partial charge on any atom is 0.413 e. The Morgan fingerprint density at radius 1 is 0.889 bits per heavy atom. The van der Waals surface area contributed by atoms with Crippen LogP contribution in [0.5, 0.6) is 0 Å². The summed E-state index contributed by atoms with van der Waals surface area (Å²) in [6.45, 7) is 4.34. The fourth-order valence-corrected chi connectivity index (χ4v) is 3.10. The van der Waals surface area contributed by atoms with Crippen molar-refractivity contribution in [3.8, 4) is 22.5 Å². The smallest absolute Gasteiger partial charge is 0.413 e. The lowest BCUT2D eigenvalue weighted by Gasteiger charge is -2.23. The predicted molar refractivity (Wildman–Crippen MR) is 107 cm³/mol. The maximum atomic E-state index is 11.6. The van der Waals surface area contributed by atoms with Gasteiger partial charge < -0.3 is 5.11 Å². The number of hydrogen-bond acceptors (Lipinski definition) is 3. The molecule has 0 bridgehead atoms. The van der Waals surface area contributed by atoms with Crippen LogP contribution in [0, 0.1) is 13.8 Å². The summed E-state index contributed by atoms with van der Waals surface area (Å²) in [5, 5.41) is 9.52. The van der Waals surface area contributed by atoms with E-state index in [2.05, 4.69) is 0 Å². The first-order valence-electron chi connectivity index (χ1n) is 8.76. The SMILES string of the molecule is Cc1ccc(-c2nc3c(nc2-c2ccc(C)cc2)N(C(=O)O)CC=C3)cc1. The summed E-state index contributed by atoms with van der Waals surface area (Å²) in [6, 6.07) is 16.1. The van der Waals surface area contributed by atoms with Crippen molar-refractivity contribution < 1.29 is 9.90 Å². The Balaban J connectivity index is 1.97. The Hall–Kier alpha value is -3.47. The molecule has 0 fully saturated rings. The highest BCUT2D eigenvalue weighted by atomic mass is 16.4. The topological polar surface area (TPSA) is 66.3 Å². The first-order chi connectivity index (χ1) is 13.0. The Morgan fingerprint density at radius 2 is 1.41 bits per heavy atom. The van der Waals surface area contributed by atoms with Crippen molar-refractivity contribution in [1.82, 2.24) is 9.97 Å². The normalized spacial score (nSPS) is 12.7. The molecule has 0 atom stereocenters. The summed E-state index contributed by atoms with van der Waals surface area (Å²) < 4.78 is 0. The summed E-state index contributed by atoms with van der Waals surface area (Å²) in [5.41, 5.74) is 6.16. The Kier molecular flexibility index (Phi) is 4.20. The molecule has 27 heavy (non-hydrogen) atoms. The molecule has 4 rings (SSSR count). The summed E-state index contributed by atoms with van der Waals surface area (Å²) in [4.78, 5) is 22.4. The minimum absolute atomic E-state index is 0.272. The zero-order chi connectivity index (χ0) is 19.0. The van der Waals surface area contributed by atoms with E-state index in [-0.39, 0.29) is 6.54 Å². The van der Waals surface area contributed by atoms with Crippen molar-refractivity contribution in [2.24, 2.45) is 0 Å². The molecule has 5 nitrogen and oxygen atoms in total. The maximum absolute atomic E-state index is 11.6. The lowest BCUT2D eigenvalue weighted by atomic mass is 10.0. The highest BCUT2D eigenvalue weighted by Gasteiger charge is 2.25. The number of nitrogens with zero attached hydrogens (tertiary/aromatic N) is 3. The van der Waals surface area contributed by atoms with Crippen molar-refractivity contribution in [3.63, 3.8) is 0 Å². The predicted octanol–water partition coefficient (Wildman–Crippen LogP) is 4.94. The lowest BCUT2D eigenvalue weighted by Crippen LogP contribution is -2.32. The number of hydrogen-bond donors (Lipinski definition) is 1. The molecule has 1 aliphatic heterocycles. The van der Waals surface area contributed by atoms with Gasteiger partial charge in [-0.2, -0.15) is 0 Å². The molecular formula is C22H19N3O2. The average molecular weight is 357 g/mol. The molecule has 1 amide bonds. The first kappa shape index (κ1) is 17.0. The van der Waals surface area contributed by atoms with E-state index < -0.39 is 6.09 Å². The summed E-state index contributed by atoms with van der Waals surface area (Å²) in [6.07, 6.45) is 2.58. The van der Waals surface area contributed by atoms with Gasteiger partial charge in [0.2, 0.25) is 0 Å². The van der Waals surface area contributed by atoms with E-state index in [0.717, 1.165) is 22.4 Å². The van der Waals surface area contributed by atoms with Gasteiger partial charge in [-0.05, 0) is 19.9 Å². The standard InChI is InChI=1S/C22H19N3O2/c1-14-5-9-16(10-6-14)19-20(17-11-7-15(2)8-12-17)24-21-18(23-19)4-3-13-25(21)22(26)27/h3-12H,13H2,1-2H3,(H,26,27). The van der Waals surface area contributed by atoms with Crippen molar-refractivity contribution in [2.75, 3.05) is 11.4 Å². The second-order valence-corrected chi connectivity index (χ2v) is 6.66. The third kappa shape index (κ3) is 3.19. The van der Waals surface area contributed by atoms with E-state index in [0.29, 0.717) is 17.2 Å². The number of benzene rings is 2. The number of carbonyl (C=O) groups is 1. The molecular weight excluding hydrogens is 338 g/mol. The molecule has 0 spiro atoms. The quantitative estimate of drug-likeness (QED) is 0.705. The molecule has 5 heteroatoms. The van der Waals surface area contributed by atoms with Crippen LogP contribution in [0.3, 0.4) is 0 Å². The molecule has 0 saturated heterocycles. The lowest BCUT2D eigenvalue weighted by molar-refractivity contribution is 0.202. The number of aryl methyl sites for hydroxylation is 2. The Labute approximate surface area is 157 Å². The molecule has 1 aliphatic rings. The van der Waals surface area contributed by atoms with E-state index >= 15 is 0 Å². The van der Waals surface area contributed by atoms with Crippen LogP contribution in [-0.2, 0) is 0 Å². The van der Waals surface area contributed by atoms with Gasteiger partial charge in [-0.3, -0.25) is 4.90 Å². The zero-order valence-electron chi connectivity index (χ0n) is 15.2. The fourth-order valence-electron chi connectivity index (χ4n) is 3.10. The fraction of sp³-hybridized carbons (Fsp3) is 0.136. The van der Waals surface area contributed by atoms with Crippen LogP contribution >= 0.6 is 0 Å². The molecule has 0 radical (unpaired) electrons. The van der Waals surface area contributed by atoms with Gasteiger partial charge >= 0.3 is 6.09 Å². The van der Waals surface area contributed by atoms with Gasteiger partial charge in [-0.25, -0.2) is 14.8 Å². The van der Waals surface area contributed by atoms with Crippen LogP contribution in [0.4, 0.5) is 10.6 Å². The Bertz CT molecular complexity index is 1040. The first-order valence-corrected chi connectivity index (χ1v) is 8.76. The van der Waals surface area contributed by atoms with Crippen LogP contribution in [-0.4, -0.2) is 27.7 Å². The van der Waals surface area contributed by atoms with Gasteiger partial charge in [-0.1, -0.05) is 65.7 Å². The van der Waals surface area contributed by atoms with Crippen LogP contribution in [0.25, 0.3) is 28.6 Å². The van der Waals surface area contributed by atoms with E-state index in [1.165, 1.54) is 10.5 Å². The van der Waals surface area contributed by atoms with E-state index in [1.807, 2.05) is 68.5 Å². The minimum atomic E-state index is -1.03. The molecule has 1 aromatic heterocycles. The summed E-state index contributed by atoms with van der Waals surface area (Å²) in [7, 11) is 0. The van der Waals surface area contributed by atoms with E-state index in [1.54, 1.807) is 6.08 Å². The van der Waals surface area contributed by atoms with Gasteiger partial charge in [0, 0.05) is 17.7 Å². The van der Waals surface area contributed by atoms with Crippen molar-refractivity contribution in [2.45, 2.75) is 13.8 Å². The van der Waals surface area contributed by atoms with Gasteiger partial charge in [0.15, 0.2) is 5.82 Å². The molecule has 0 aliphatic carbocycles. The number of carboxylic acid groups (broad SMARTS) is 1. The molecule has 2 heterocycles. The molecule has 2 aromatic carbocycles. The molecule has 1 N–H and O–H groups in total. The van der Waals surface area contributed by atoms with Crippen molar-refractivity contribution in [3.05, 3.63) is 71.4 Å². The monoisotopic (exact) mass is 357 g/mol. The Morgan fingerprint density at radius 3 is 1.93 bits per heavy atom. The van der Waals surface area contributed by atoms with Crippen LogP contribution in [0.1, 0.15) is 16.8 Å². The van der Waals surface area contributed by atoms with Gasteiger partial charge in [0.05, 0.1) is 11.4 Å². The molecule has 3 aromatic rings. The molecule has 134 valence electrons. The summed E-state index contributed by atoms with van der Waals surface area (Å²) in [5.74, 6) is 0.372. The third-order valence-electron chi connectivity index (χ3n) is 4.60. The number of aromatic nitrogens is 2. The average Bonchev–Trinajstić information content (AvgIpc) is 2.67. The zero-order valence-corrected chi connectivity index (χ0v) is 15.2. The largest absolute Gasteiger partial charge is 0.465 e. The number of rotatable bonds is 2. The van der Waals surface area contributed by atoms with Crippen LogP contribution in [0.2, 0.25) is 0 Å². The number of fused-ring (bicyclic) bond motifs is 1. The molecule has 0 unspecified atom stereocenters. The van der Waals surface area contributed by atoms with Crippen molar-refractivity contribution in [1.29, 1.82) is 0 Å². The number of anilines is 1. The van der Waals surface area contributed by atoms with Gasteiger partial charge in [0.25, 0.3) is 0 Å². The van der Waals surface area contributed by atoms with Crippen LogP contribution < -0.4 is 4.90 Å². The van der Waals surface area contributed by atoms with Crippen molar-refractivity contribution >= 4 is 18.0 Å². The van der Waals surface area contributed by atoms with E-state index in [4.69, 9.17) is 9.97 Å². The minimum Gasteiger partial charge on any atom is -0.465 e. The van der Waals surface area contributed by atoms with Crippen LogP contribution in [0.15, 0.2) is 54.6 Å². The third-order valence-corrected chi connectivity index (χ3v) is 4.60.